The van der Waals surface area contributed by atoms with E-state index < -0.39 is 7.60 Å². The molecule has 8 heteroatoms. The van der Waals surface area contributed by atoms with Gasteiger partial charge in [0.25, 0.3) is 0 Å². The molecule has 27 heavy (non-hydrogen) atoms. The molecule has 0 spiro atoms. The SMILES string of the molecule is CC(C)(C)C1[C@@H](COP(=O)(O)c2cn[nH]n2)O[C@@H](C(C)(C)C)[C@H]1C(C)(C)C. The van der Waals surface area contributed by atoms with E-state index in [9.17, 15) is 9.46 Å². The number of aromatic amines is 1. The average molecular weight is 401 g/mol. The zero-order valence-electron chi connectivity index (χ0n) is 18.1. The fourth-order valence-electron chi connectivity index (χ4n) is 4.32. The number of ether oxygens (including phenoxy) is 1. The second-order valence-electron chi connectivity index (χ2n) is 10.9. The van der Waals surface area contributed by atoms with E-state index in [0.29, 0.717) is 0 Å². The van der Waals surface area contributed by atoms with Crippen molar-refractivity contribution in [3.8, 4) is 0 Å². The van der Waals surface area contributed by atoms with Crippen LogP contribution in [0.3, 0.4) is 0 Å². The highest BCUT2D eigenvalue weighted by atomic mass is 31.2. The summed E-state index contributed by atoms with van der Waals surface area (Å²) in [4.78, 5) is 10.2. The van der Waals surface area contributed by atoms with Crippen LogP contribution in [-0.2, 0) is 13.8 Å². The second-order valence-corrected chi connectivity index (χ2v) is 12.6. The summed E-state index contributed by atoms with van der Waals surface area (Å²) in [5.74, 6) is 0.468. The minimum absolute atomic E-state index is 0.0274. The molecule has 2 N–H and O–H groups in total. The van der Waals surface area contributed by atoms with Crippen LogP contribution in [0.4, 0.5) is 0 Å². The topological polar surface area (TPSA) is 97.3 Å². The van der Waals surface area contributed by atoms with E-state index in [2.05, 4.69) is 77.7 Å². The summed E-state index contributed by atoms with van der Waals surface area (Å²) < 4.78 is 24.5. The zero-order valence-corrected chi connectivity index (χ0v) is 19.0. The van der Waals surface area contributed by atoms with Crippen molar-refractivity contribution in [3.05, 3.63) is 6.20 Å². The fraction of sp³-hybridized carbons (Fsp3) is 0.895. The lowest BCUT2D eigenvalue weighted by atomic mass is 9.59. The molecule has 1 saturated heterocycles. The Morgan fingerprint density at radius 1 is 1.07 bits per heavy atom. The monoisotopic (exact) mass is 401 g/mol. The summed E-state index contributed by atoms with van der Waals surface area (Å²) in [5.41, 5.74) is -0.142. The van der Waals surface area contributed by atoms with E-state index >= 15 is 0 Å². The molecule has 5 atom stereocenters. The Morgan fingerprint density at radius 2 is 1.63 bits per heavy atom. The minimum Gasteiger partial charge on any atom is -0.371 e. The van der Waals surface area contributed by atoms with Gasteiger partial charge in [0, 0.05) is 0 Å². The summed E-state index contributed by atoms with van der Waals surface area (Å²) in [6.07, 6.45) is 0.972. The molecule has 1 aliphatic heterocycles. The molecule has 1 aromatic heterocycles. The number of nitrogens with one attached hydrogen (secondary N) is 1. The van der Waals surface area contributed by atoms with Gasteiger partial charge in [0.1, 0.15) is 0 Å². The van der Waals surface area contributed by atoms with E-state index in [1.165, 1.54) is 6.20 Å². The van der Waals surface area contributed by atoms with Crippen molar-refractivity contribution in [3.63, 3.8) is 0 Å². The third-order valence-electron chi connectivity index (χ3n) is 5.39. The highest BCUT2D eigenvalue weighted by Crippen LogP contribution is 2.55. The molecule has 0 aromatic carbocycles. The first kappa shape index (κ1) is 22.5. The molecule has 2 unspecified atom stereocenters. The van der Waals surface area contributed by atoms with Gasteiger partial charge in [0.2, 0.25) is 0 Å². The maximum Gasteiger partial charge on any atom is 0.380 e. The van der Waals surface area contributed by atoms with Crippen molar-refractivity contribution in [2.45, 2.75) is 74.5 Å². The summed E-state index contributed by atoms with van der Waals surface area (Å²) >= 11 is 0. The maximum absolute atomic E-state index is 12.5. The molecule has 156 valence electrons. The van der Waals surface area contributed by atoms with Crippen molar-refractivity contribution in [2.24, 2.45) is 28.1 Å². The van der Waals surface area contributed by atoms with Crippen LogP contribution in [0.1, 0.15) is 62.3 Å². The van der Waals surface area contributed by atoms with Gasteiger partial charge in [-0.05, 0) is 28.1 Å². The van der Waals surface area contributed by atoms with Gasteiger partial charge in [0.05, 0.1) is 25.0 Å². The van der Waals surface area contributed by atoms with Crippen LogP contribution in [0, 0.1) is 28.1 Å². The Kier molecular flexibility index (Phi) is 6.05. The molecule has 2 rings (SSSR count). The number of aromatic nitrogens is 3. The van der Waals surface area contributed by atoms with Gasteiger partial charge in [-0.15, -0.1) is 5.10 Å². The molecule has 0 aliphatic carbocycles. The quantitative estimate of drug-likeness (QED) is 0.746. The van der Waals surface area contributed by atoms with Crippen molar-refractivity contribution in [1.29, 1.82) is 0 Å². The fourth-order valence-corrected chi connectivity index (χ4v) is 5.18. The third-order valence-corrected chi connectivity index (χ3v) is 6.69. The lowest BCUT2D eigenvalue weighted by Gasteiger charge is -2.44. The summed E-state index contributed by atoms with van der Waals surface area (Å²) in [7, 11) is -4.03. The number of hydrogen-bond acceptors (Lipinski definition) is 5. The molecular weight excluding hydrogens is 365 g/mol. The first-order valence-electron chi connectivity index (χ1n) is 9.54. The third kappa shape index (κ3) is 5.00. The van der Waals surface area contributed by atoms with Gasteiger partial charge in [0.15, 0.2) is 5.44 Å². The molecule has 0 bridgehead atoms. The Bertz CT molecular complexity index is 671. The van der Waals surface area contributed by atoms with Crippen LogP contribution in [0.15, 0.2) is 6.20 Å². The number of rotatable bonds is 4. The van der Waals surface area contributed by atoms with Crippen LogP contribution in [-0.4, -0.2) is 39.1 Å². The second kappa shape index (κ2) is 7.25. The predicted molar refractivity (Wildman–Crippen MR) is 106 cm³/mol. The molecule has 7 nitrogen and oxygen atoms in total. The van der Waals surface area contributed by atoms with E-state index in [0.717, 1.165) is 0 Å². The van der Waals surface area contributed by atoms with Gasteiger partial charge in [-0.25, -0.2) is 0 Å². The number of H-pyrrole nitrogens is 1. The Labute approximate surface area is 163 Å². The summed E-state index contributed by atoms with van der Waals surface area (Å²) in [6, 6.07) is 0. The lowest BCUT2D eigenvalue weighted by molar-refractivity contribution is -0.0579. The molecule has 0 radical (unpaired) electrons. The molecule has 0 saturated carbocycles. The normalized spacial score (nSPS) is 29.7. The number of nitrogens with zero attached hydrogens (tertiary/aromatic N) is 2. The average Bonchev–Trinajstić information content (AvgIpc) is 3.11. The largest absolute Gasteiger partial charge is 0.380 e. The maximum atomic E-state index is 12.5. The molecule has 2 heterocycles. The standard InChI is InChI=1S/C19H36N3O4P/c1-17(2,3)14-12(11-25-27(23,24)13-10-20-22-21-13)26-16(19(7,8)9)15(14)18(4,5)6/h10,12,14-16H,11H2,1-9H3,(H,23,24)(H,20,21,22)/t12-,14?,15+,16-/m1/s1. The summed E-state index contributed by atoms with van der Waals surface area (Å²) in [6.45, 7) is 19.9. The Balaban J connectivity index is 2.32. The van der Waals surface area contributed by atoms with Gasteiger partial charge < -0.3 is 14.2 Å². The molecule has 1 aromatic rings. The van der Waals surface area contributed by atoms with Crippen LogP contribution in [0.25, 0.3) is 0 Å². The van der Waals surface area contributed by atoms with Gasteiger partial charge in [-0.2, -0.15) is 10.3 Å². The highest BCUT2D eigenvalue weighted by molar-refractivity contribution is 7.60. The van der Waals surface area contributed by atoms with Gasteiger partial charge in [-0.3, -0.25) is 4.57 Å². The highest BCUT2D eigenvalue weighted by Gasteiger charge is 2.56. The van der Waals surface area contributed by atoms with E-state index in [-0.39, 0.29) is 52.3 Å². The molecule has 1 aliphatic rings. The van der Waals surface area contributed by atoms with E-state index in [1.54, 1.807) is 0 Å². The minimum atomic E-state index is -4.03. The Hall–Kier alpha value is -0.750. The molecule has 1 fully saturated rings. The smallest absolute Gasteiger partial charge is 0.371 e. The number of hydrogen-bond donors (Lipinski definition) is 2. The predicted octanol–water partition coefficient (Wildman–Crippen LogP) is 3.77. The van der Waals surface area contributed by atoms with Crippen molar-refractivity contribution >= 4 is 13.0 Å². The van der Waals surface area contributed by atoms with E-state index in [1.807, 2.05) is 0 Å². The first-order chi connectivity index (χ1) is 12.0. The van der Waals surface area contributed by atoms with Crippen LogP contribution < -0.4 is 5.44 Å². The molecular formula is C19H36N3O4P. The van der Waals surface area contributed by atoms with Crippen molar-refractivity contribution < 1.29 is 18.7 Å². The summed E-state index contributed by atoms with van der Waals surface area (Å²) in [5, 5.41) is 9.63. The first-order valence-corrected chi connectivity index (χ1v) is 11.1. The van der Waals surface area contributed by atoms with Crippen LogP contribution in [0.2, 0.25) is 0 Å². The van der Waals surface area contributed by atoms with Gasteiger partial charge in [-0.1, -0.05) is 62.3 Å². The van der Waals surface area contributed by atoms with Crippen LogP contribution in [0.5, 0.6) is 0 Å². The van der Waals surface area contributed by atoms with Crippen LogP contribution >= 0.6 is 7.60 Å². The molecule has 0 amide bonds. The zero-order chi connectivity index (χ0) is 20.8. The van der Waals surface area contributed by atoms with Crippen molar-refractivity contribution in [2.75, 3.05) is 6.61 Å². The van der Waals surface area contributed by atoms with E-state index in [4.69, 9.17) is 9.26 Å². The van der Waals surface area contributed by atoms with Gasteiger partial charge >= 0.3 is 7.60 Å². The lowest BCUT2D eigenvalue weighted by Crippen LogP contribution is -2.44. The van der Waals surface area contributed by atoms with Crippen molar-refractivity contribution in [1.82, 2.24) is 15.4 Å². The Morgan fingerprint density at radius 3 is 2.04 bits per heavy atom.